The van der Waals surface area contributed by atoms with Crippen LogP contribution in [0.2, 0.25) is 0 Å². The molecule has 0 spiro atoms. The number of thioether (sulfide) groups is 1. The number of amides is 1. The third-order valence-corrected chi connectivity index (χ3v) is 4.08. The van der Waals surface area contributed by atoms with E-state index in [1.54, 1.807) is 18.2 Å². The predicted octanol–water partition coefficient (Wildman–Crippen LogP) is 2.68. The Morgan fingerprint density at radius 1 is 1.45 bits per heavy atom. The van der Waals surface area contributed by atoms with Crippen molar-refractivity contribution in [2.24, 2.45) is 10.7 Å². The molecule has 114 valence electrons. The van der Waals surface area contributed by atoms with Gasteiger partial charge in [0, 0.05) is 4.47 Å². The molecule has 8 heteroatoms. The lowest BCUT2D eigenvalue weighted by molar-refractivity contribution is -0.113. The van der Waals surface area contributed by atoms with Crippen molar-refractivity contribution in [1.82, 2.24) is 0 Å². The first kappa shape index (κ1) is 16.4. The maximum Gasteiger partial charge on any atom is 0.286 e. The highest BCUT2D eigenvalue weighted by Crippen LogP contribution is 2.36. The Labute approximate surface area is 140 Å². The second-order valence-corrected chi connectivity index (χ2v) is 5.98. The number of hydrogen-bond donors (Lipinski definition) is 1. The minimum absolute atomic E-state index is 0.0777. The molecule has 1 aromatic rings. The maximum atomic E-state index is 11.7. The molecule has 0 saturated heterocycles. The highest BCUT2D eigenvalue weighted by atomic mass is 79.9. The Bertz CT molecular complexity index is 710. The quantitative estimate of drug-likeness (QED) is 0.787. The average Bonchev–Trinajstić information content (AvgIpc) is 2.79. The second-order valence-electron chi connectivity index (χ2n) is 4.07. The summed E-state index contributed by atoms with van der Waals surface area (Å²) in [7, 11) is 0. The highest BCUT2D eigenvalue weighted by molar-refractivity contribution is 9.10. The molecule has 1 aliphatic heterocycles. The standard InChI is InChI=1S/C14H12BrN3O3S/c1-2-20-10-5-8(6-12-13(19)18-14(17)22-12)9(15)7-11(10)21-4-3-16/h5-7H,2,4H2,1H3,(H2,17,18,19)/b12-6-. The van der Waals surface area contributed by atoms with Crippen molar-refractivity contribution >= 4 is 44.8 Å². The molecule has 1 amide bonds. The fraction of sp³-hybridized carbons (Fsp3) is 0.214. The molecule has 0 unspecified atom stereocenters. The van der Waals surface area contributed by atoms with E-state index in [2.05, 4.69) is 20.9 Å². The number of nitrogens with two attached hydrogens (primary N) is 1. The van der Waals surface area contributed by atoms with Crippen molar-refractivity contribution in [2.75, 3.05) is 13.2 Å². The largest absolute Gasteiger partial charge is 0.490 e. The van der Waals surface area contributed by atoms with Crippen LogP contribution in [0.3, 0.4) is 0 Å². The van der Waals surface area contributed by atoms with Crippen LogP contribution < -0.4 is 15.2 Å². The van der Waals surface area contributed by atoms with E-state index in [4.69, 9.17) is 20.5 Å². The van der Waals surface area contributed by atoms with E-state index >= 15 is 0 Å². The van der Waals surface area contributed by atoms with E-state index in [0.29, 0.717) is 27.5 Å². The molecule has 0 bridgehead atoms. The number of ether oxygens (including phenoxy) is 2. The van der Waals surface area contributed by atoms with Gasteiger partial charge in [-0.1, -0.05) is 15.9 Å². The lowest BCUT2D eigenvalue weighted by Crippen LogP contribution is -2.01. The van der Waals surface area contributed by atoms with Gasteiger partial charge in [0.1, 0.15) is 6.07 Å². The molecule has 1 aliphatic rings. The van der Waals surface area contributed by atoms with E-state index in [9.17, 15) is 4.79 Å². The molecule has 22 heavy (non-hydrogen) atoms. The lowest BCUT2D eigenvalue weighted by atomic mass is 10.2. The molecule has 0 saturated carbocycles. The number of nitrogens with zero attached hydrogens (tertiary/aromatic N) is 2. The number of carbonyl (C=O) groups excluding carboxylic acids is 1. The number of benzene rings is 1. The molecular weight excluding hydrogens is 370 g/mol. The molecule has 0 radical (unpaired) electrons. The number of rotatable bonds is 5. The average molecular weight is 382 g/mol. The number of nitriles is 1. The summed E-state index contributed by atoms with van der Waals surface area (Å²) in [6.45, 7) is 2.22. The Balaban J connectivity index is 2.37. The van der Waals surface area contributed by atoms with Gasteiger partial charge in [0.2, 0.25) is 0 Å². The monoisotopic (exact) mass is 381 g/mol. The second kappa shape index (κ2) is 7.33. The zero-order chi connectivity index (χ0) is 16.1. The van der Waals surface area contributed by atoms with Gasteiger partial charge in [0.25, 0.3) is 5.91 Å². The zero-order valence-electron chi connectivity index (χ0n) is 11.6. The highest BCUT2D eigenvalue weighted by Gasteiger charge is 2.20. The topological polar surface area (TPSA) is 97.7 Å². The Morgan fingerprint density at radius 3 is 2.77 bits per heavy atom. The van der Waals surface area contributed by atoms with Crippen LogP contribution in [0.15, 0.2) is 26.5 Å². The van der Waals surface area contributed by atoms with E-state index in [0.717, 1.165) is 17.3 Å². The maximum absolute atomic E-state index is 11.7. The molecule has 2 rings (SSSR count). The van der Waals surface area contributed by atoms with Gasteiger partial charge in [-0.25, -0.2) is 0 Å². The van der Waals surface area contributed by atoms with Crippen LogP contribution in [0.5, 0.6) is 11.5 Å². The Hall–Kier alpha value is -1.98. The Morgan fingerprint density at radius 2 is 2.18 bits per heavy atom. The van der Waals surface area contributed by atoms with Crippen LogP contribution in [0.25, 0.3) is 6.08 Å². The third-order valence-electron chi connectivity index (χ3n) is 2.58. The predicted molar refractivity (Wildman–Crippen MR) is 88.6 cm³/mol. The summed E-state index contributed by atoms with van der Waals surface area (Å²) < 4.78 is 11.5. The summed E-state index contributed by atoms with van der Waals surface area (Å²) in [5, 5.41) is 8.84. The smallest absolute Gasteiger partial charge is 0.286 e. The molecule has 0 fully saturated rings. The van der Waals surface area contributed by atoms with Gasteiger partial charge in [0.05, 0.1) is 11.5 Å². The number of halogens is 1. The van der Waals surface area contributed by atoms with Gasteiger partial charge in [0.15, 0.2) is 23.3 Å². The summed E-state index contributed by atoms with van der Waals surface area (Å²) in [4.78, 5) is 15.7. The van der Waals surface area contributed by atoms with Gasteiger partial charge in [-0.15, -0.1) is 0 Å². The van der Waals surface area contributed by atoms with E-state index < -0.39 is 0 Å². The van der Waals surface area contributed by atoms with Gasteiger partial charge < -0.3 is 15.2 Å². The molecule has 1 aromatic carbocycles. The van der Waals surface area contributed by atoms with E-state index in [1.807, 2.05) is 13.0 Å². The minimum atomic E-state index is -0.364. The fourth-order valence-electron chi connectivity index (χ4n) is 1.72. The summed E-state index contributed by atoms with van der Waals surface area (Å²) >= 11 is 4.53. The number of aliphatic imine (C=N–C) groups is 1. The first-order valence-corrected chi connectivity index (χ1v) is 7.90. The van der Waals surface area contributed by atoms with Gasteiger partial charge in [-0.2, -0.15) is 10.3 Å². The lowest BCUT2D eigenvalue weighted by Gasteiger charge is -2.12. The minimum Gasteiger partial charge on any atom is -0.490 e. The zero-order valence-corrected chi connectivity index (χ0v) is 14.0. The molecule has 1 heterocycles. The molecule has 2 N–H and O–H groups in total. The van der Waals surface area contributed by atoms with Crippen molar-refractivity contribution < 1.29 is 14.3 Å². The summed E-state index contributed by atoms with van der Waals surface area (Å²) in [5.41, 5.74) is 6.26. The first-order chi connectivity index (χ1) is 10.5. The summed E-state index contributed by atoms with van der Waals surface area (Å²) in [5.74, 6) is 0.591. The van der Waals surface area contributed by atoms with Gasteiger partial charge in [-0.3, -0.25) is 4.79 Å². The van der Waals surface area contributed by atoms with Crippen LogP contribution in [-0.4, -0.2) is 24.3 Å². The van der Waals surface area contributed by atoms with Crippen molar-refractivity contribution in [3.05, 3.63) is 27.1 Å². The first-order valence-electron chi connectivity index (χ1n) is 6.29. The van der Waals surface area contributed by atoms with Gasteiger partial charge in [-0.05, 0) is 42.5 Å². The van der Waals surface area contributed by atoms with Crippen molar-refractivity contribution in [2.45, 2.75) is 6.92 Å². The number of amidine groups is 1. The van der Waals surface area contributed by atoms with Gasteiger partial charge >= 0.3 is 0 Å². The Kier molecular flexibility index (Phi) is 5.46. The molecule has 0 aromatic heterocycles. The molecular formula is C14H12BrN3O3S. The van der Waals surface area contributed by atoms with Crippen molar-refractivity contribution in [3.63, 3.8) is 0 Å². The SMILES string of the molecule is CCOc1cc(/C=C2\SC(N)=NC2=O)c(Br)cc1OCC#N. The normalized spacial score (nSPS) is 15.6. The van der Waals surface area contributed by atoms with Crippen LogP contribution in [0, 0.1) is 11.3 Å². The fourth-order valence-corrected chi connectivity index (χ4v) is 2.83. The molecule has 0 atom stereocenters. The van der Waals surface area contributed by atoms with Crippen molar-refractivity contribution in [3.8, 4) is 17.6 Å². The number of carbonyl (C=O) groups is 1. The third kappa shape index (κ3) is 3.81. The van der Waals surface area contributed by atoms with Crippen LogP contribution >= 0.6 is 27.7 Å². The summed E-state index contributed by atoms with van der Waals surface area (Å²) in [6.07, 6.45) is 1.68. The van der Waals surface area contributed by atoms with E-state index in [-0.39, 0.29) is 17.7 Å². The van der Waals surface area contributed by atoms with Crippen molar-refractivity contribution in [1.29, 1.82) is 5.26 Å². The van der Waals surface area contributed by atoms with E-state index in [1.165, 1.54) is 0 Å². The van der Waals surface area contributed by atoms with Crippen LogP contribution in [0.1, 0.15) is 12.5 Å². The van der Waals surface area contributed by atoms with Crippen LogP contribution in [0.4, 0.5) is 0 Å². The van der Waals surface area contributed by atoms with Crippen LogP contribution in [-0.2, 0) is 4.79 Å². The summed E-state index contributed by atoms with van der Waals surface area (Å²) in [6, 6.07) is 5.34. The number of hydrogen-bond acceptors (Lipinski definition) is 6. The molecule has 6 nitrogen and oxygen atoms in total. The molecule has 0 aliphatic carbocycles.